The highest BCUT2D eigenvalue weighted by molar-refractivity contribution is 8.00. The summed E-state index contributed by atoms with van der Waals surface area (Å²) in [6.45, 7) is 1.84. The molecule has 0 bridgehead atoms. The predicted molar refractivity (Wildman–Crippen MR) is 83.0 cm³/mol. The third-order valence-electron chi connectivity index (χ3n) is 2.74. The summed E-state index contributed by atoms with van der Waals surface area (Å²) in [6, 6.07) is 11.0. The summed E-state index contributed by atoms with van der Waals surface area (Å²) in [6.07, 6.45) is 0. The van der Waals surface area contributed by atoms with E-state index in [2.05, 4.69) is 4.98 Å². The molecule has 0 radical (unpaired) electrons. The van der Waals surface area contributed by atoms with Gasteiger partial charge in [0.25, 0.3) is 5.22 Å². The number of carbonyl (C=O) groups is 1. The van der Waals surface area contributed by atoms with Crippen LogP contribution in [0.5, 0.6) is 0 Å². The second-order valence-electron chi connectivity index (χ2n) is 4.18. The van der Waals surface area contributed by atoms with Crippen molar-refractivity contribution in [2.45, 2.75) is 17.4 Å². The lowest BCUT2D eigenvalue weighted by Crippen LogP contribution is -2.11. The number of fused-ring (bicyclic) bond motifs is 1. The molecule has 1 unspecified atom stereocenters. The Kier molecular flexibility index (Phi) is 3.83. The van der Waals surface area contributed by atoms with Crippen LogP contribution in [-0.4, -0.2) is 16.0 Å². The van der Waals surface area contributed by atoms with Crippen LogP contribution in [0.25, 0.3) is 11.1 Å². The molecule has 0 saturated carbocycles. The molecule has 2 aromatic heterocycles. The Labute approximate surface area is 129 Å². The van der Waals surface area contributed by atoms with Crippen molar-refractivity contribution in [1.29, 1.82) is 0 Å². The smallest absolute Gasteiger partial charge is 0.257 e. The minimum absolute atomic E-state index is 0.0363. The van der Waals surface area contributed by atoms with Gasteiger partial charge in [-0.2, -0.15) is 0 Å². The molecule has 0 aliphatic heterocycles. The molecule has 3 aromatic rings. The fourth-order valence-electron chi connectivity index (χ4n) is 1.75. The third-order valence-corrected chi connectivity index (χ3v) is 4.93. The highest BCUT2D eigenvalue weighted by Gasteiger charge is 2.20. The molecule has 0 saturated heterocycles. The van der Waals surface area contributed by atoms with Crippen LogP contribution in [0.4, 0.5) is 0 Å². The van der Waals surface area contributed by atoms with Gasteiger partial charge in [-0.25, -0.2) is 4.98 Å². The molecular weight excluding hydrogens is 314 g/mol. The van der Waals surface area contributed by atoms with Crippen LogP contribution in [0.3, 0.4) is 0 Å². The van der Waals surface area contributed by atoms with Gasteiger partial charge in [-0.15, -0.1) is 11.3 Å². The van der Waals surface area contributed by atoms with E-state index in [1.807, 2.05) is 31.2 Å². The zero-order chi connectivity index (χ0) is 14.1. The van der Waals surface area contributed by atoms with Crippen molar-refractivity contribution in [1.82, 2.24) is 4.98 Å². The summed E-state index contributed by atoms with van der Waals surface area (Å²) in [5, 5.41) is 0.243. The number of thioether (sulfide) groups is 1. The molecule has 3 rings (SSSR count). The number of ketones is 1. The predicted octanol–water partition coefficient (Wildman–Crippen LogP) is 4.91. The lowest BCUT2D eigenvalue weighted by molar-refractivity contribution is 0.0997. The van der Waals surface area contributed by atoms with Gasteiger partial charge in [0.2, 0.25) is 0 Å². The summed E-state index contributed by atoms with van der Waals surface area (Å²) in [7, 11) is 0. The van der Waals surface area contributed by atoms with Gasteiger partial charge in [0.1, 0.15) is 5.52 Å². The van der Waals surface area contributed by atoms with Gasteiger partial charge in [-0.3, -0.25) is 4.79 Å². The number of carbonyl (C=O) groups excluding carboxylic acids is 1. The molecule has 1 atom stereocenters. The Bertz CT molecular complexity index is 732. The summed E-state index contributed by atoms with van der Waals surface area (Å²) >= 11 is 8.46. The van der Waals surface area contributed by atoms with Gasteiger partial charge in [-0.05, 0) is 31.2 Å². The van der Waals surface area contributed by atoms with E-state index in [0.717, 1.165) is 11.1 Å². The molecule has 6 heteroatoms. The van der Waals surface area contributed by atoms with Crippen LogP contribution in [0, 0.1) is 0 Å². The van der Waals surface area contributed by atoms with Crippen LogP contribution in [0.15, 0.2) is 46.0 Å². The maximum Gasteiger partial charge on any atom is 0.257 e. The molecule has 3 nitrogen and oxygen atoms in total. The van der Waals surface area contributed by atoms with Crippen LogP contribution in [0.1, 0.15) is 16.6 Å². The van der Waals surface area contributed by atoms with Crippen molar-refractivity contribution in [2.24, 2.45) is 0 Å². The van der Waals surface area contributed by atoms with Gasteiger partial charge in [0.05, 0.1) is 14.5 Å². The van der Waals surface area contributed by atoms with E-state index in [-0.39, 0.29) is 11.0 Å². The monoisotopic (exact) mass is 323 g/mol. The van der Waals surface area contributed by atoms with Crippen molar-refractivity contribution < 1.29 is 9.21 Å². The minimum Gasteiger partial charge on any atom is -0.431 e. The van der Waals surface area contributed by atoms with E-state index < -0.39 is 0 Å². The zero-order valence-electron chi connectivity index (χ0n) is 10.5. The fourth-order valence-corrected chi connectivity index (χ4v) is 3.73. The van der Waals surface area contributed by atoms with Crippen molar-refractivity contribution >= 4 is 51.6 Å². The first-order chi connectivity index (χ1) is 9.63. The van der Waals surface area contributed by atoms with E-state index in [9.17, 15) is 4.79 Å². The zero-order valence-corrected chi connectivity index (χ0v) is 12.9. The molecule has 0 spiro atoms. The summed E-state index contributed by atoms with van der Waals surface area (Å²) in [4.78, 5) is 17.3. The van der Waals surface area contributed by atoms with E-state index in [1.54, 1.807) is 12.1 Å². The molecule has 0 amide bonds. The first kappa shape index (κ1) is 13.7. The van der Waals surface area contributed by atoms with Gasteiger partial charge in [0, 0.05) is 0 Å². The van der Waals surface area contributed by atoms with Gasteiger partial charge in [-0.1, -0.05) is 35.5 Å². The van der Waals surface area contributed by atoms with E-state index in [1.165, 1.54) is 23.1 Å². The van der Waals surface area contributed by atoms with Crippen molar-refractivity contribution in [3.8, 4) is 0 Å². The van der Waals surface area contributed by atoms with E-state index >= 15 is 0 Å². The Balaban J connectivity index is 1.78. The molecule has 102 valence electrons. The molecule has 2 heterocycles. The number of aromatic nitrogens is 1. The van der Waals surface area contributed by atoms with Gasteiger partial charge >= 0.3 is 0 Å². The number of oxazole rings is 1. The van der Waals surface area contributed by atoms with Crippen LogP contribution >= 0.6 is 34.7 Å². The lowest BCUT2D eigenvalue weighted by atomic mass is 10.2. The highest BCUT2D eigenvalue weighted by Crippen LogP contribution is 2.30. The van der Waals surface area contributed by atoms with Crippen molar-refractivity contribution in [2.75, 3.05) is 0 Å². The second-order valence-corrected chi connectivity index (χ2v) is 7.18. The molecule has 0 fully saturated rings. The SMILES string of the molecule is CC(Sc1nc2ccccc2o1)C(=O)c1ccc(Cl)s1. The number of Topliss-reactive ketones (excluding diaryl/α,β-unsaturated/α-hetero) is 1. The Morgan fingerprint density at radius 1 is 1.35 bits per heavy atom. The van der Waals surface area contributed by atoms with Gasteiger partial charge in [0.15, 0.2) is 11.4 Å². The average Bonchev–Trinajstić information content (AvgIpc) is 3.03. The number of para-hydroxylation sites is 2. The van der Waals surface area contributed by atoms with E-state index in [4.69, 9.17) is 16.0 Å². The summed E-state index contributed by atoms with van der Waals surface area (Å²) < 4.78 is 6.22. The Morgan fingerprint density at radius 2 is 2.15 bits per heavy atom. The number of hydrogen-bond acceptors (Lipinski definition) is 5. The number of rotatable bonds is 4. The number of nitrogens with zero attached hydrogens (tertiary/aromatic N) is 1. The maximum absolute atomic E-state index is 12.2. The quantitative estimate of drug-likeness (QED) is 0.505. The van der Waals surface area contributed by atoms with Crippen molar-refractivity contribution in [3.05, 3.63) is 45.6 Å². The molecule has 0 aliphatic carbocycles. The minimum atomic E-state index is -0.266. The number of halogens is 1. The normalized spacial score (nSPS) is 12.7. The van der Waals surface area contributed by atoms with Gasteiger partial charge < -0.3 is 4.42 Å². The molecule has 0 N–H and O–H groups in total. The first-order valence-corrected chi connectivity index (χ1v) is 8.02. The standard InChI is InChI=1S/C14H10ClNO2S2/c1-8(13(17)11-6-7-12(15)20-11)19-14-16-9-4-2-3-5-10(9)18-14/h2-8H,1H3. The Hall–Kier alpha value is -1.30. The first-order valence-electron chi connectivity index (χ1n) is 5.95. The second kappa shape index (κ2) is 5.60. The number of hydrogen-bond donors (Lipinski definition) is 0. The molecular formula is C14H10ClNO2S2. The summed E-state index contributed by atoms with van der Waals surface area (Å²) in [5.41, 5.74) is 1.53. The van der Waals surface area contributed by atoms with Crippen LogP contribution in [0.2, 0.25) is 4.34 Å². The third kappa shape index (κ3) is 2.75. The largest absolute Gasteiger partial charge is 0.431 e. The molecule has 1 aromatic carbocycles. The number of thiophene rings is 1. The molecule has 20 heavy (non-hydrogen) atoms. The highest BCUT2D eigenvalue weighted by atomic mass is 35.5. The maximum atomic E-state index is 12.2. The van der Waals surface area contributed by atoms with Crippen LogP contribution in [-0.2, 0) is 0 Å². The van der Waals surface area contributed by atoms with Crippen molar-refractivity contribution in [3.63, 3.8) is 0 Å². The lowest BCUT2D eigenvalue weighted by Gasteiger charge is -2.04. The molecule has 0 aliphatic rings. The number of benzene rings is 1. The fraction of sp³-hybridized carbons (Fsp3) is 0.143. The van der Waals surface area contributed by atoms with E-state index in [0.29, 0.717) is 14.4 Å². The Morgan fingerprint density at radius 3 is 2.85 bits per heavy atom. The summed E-state index contributed by atoms with van der Waals surface area (Å²) in [5.74, 6) is 0.0363. The topological polar surface area (TPSA) is 43.1 Å². The van der Waals surface area contributed by atoms with Crippen LogP contribution < -0.4 is 0 Å². The average molecular weight is 324 g/mol.